The van der Waals surface area contributed by atoms with Gasteiger partial charge in [-0.3, -0.25) is 4.90 Å². The van der Waals surface area contributed by atoms with E-state index in [-0.39, 0.29) is 0 Å². The average Bonchev–Trinajstić information content (AvgIpc) is 2.30. The first-order chi connectivity index (χ1) is 6.92. The molecule has 0 aromatic rings. The van der Waals surface area contributed by atoms with Crippen LogP contribution in [0.5, 0.6) is 0 Å². The average molecular weight is 193 g/mol. The summed E-state index contributed by atoms with van der Waals surface area (Å²) in [4.78, 5) is 2.73. The minimum atomic E-state index is 0.687. The van der Waals surface area contributed by atoms with Crippen LogP contribution in [0.3, 0.4) is 0 Å². The predicted molar refractivity (Wildman–Crippen MR) is 61.4 cm³/mol. The van der Waals surface area contributed by atoms with Crippen molar-refractivity contribution >= 4 is 0 Å². The Labute approximate surface area is 88.2 Å². The molecule has 0 spiro atoms. The van der Waals surface area contributed by atoms with Gasteiger partial charge in [-0.1, -0.05) is 31.8 Å². The highest BCUT2D eigenvalue weighted by Gasteiger charge is 2.27. The van der Waals surface area contributed by atoms with Crippen LogP contribution in [0.2, 0.25) is 0 Å². The van der Waals surface area contributed by atoms with Crippen molar-refractivity contribution in [2.75, 3.05) is 6.54 Å². The van der Waals surface area contributed by atoms with Crippen molar-refractivity contribution in [3.05, 3.63) is 12.7 Å². The number of rotatable bonds is 2. The van der Waals surface area contributed by atoms with Crippen LogP contribution < -0.4 is 0 Å². The Morgan fingerprint density at radius 2 is 1.64 bits per heavy atom. The lowest BCUT2D eigenvalue weighted by molar-refractivity contribution is 0.0958. The lowest BCUT2D eigenvalue weighted by Gasteiger charge is -2.41. The molecule has 1 nitrogen and oxygen atoms in total. The summed E-state index contributed by atoms with van der Waals surface area (Å²) in [7, 11) is 0. The van der Waals surface area contributed by atoms with Gasteiger partial charge < -0.3 is 0 Å². The first-order valence-corrected chi connectivity index (χ1v) is 6.30. The Morgan fingerprint density at radius 1 is 0.929 bits per heavy atom. The molecular weight excluding hydrogens is 170 g/mol. The van der Waals surface area contributed by atoms with E-state index in [2.05, 4.69) is 17.6 Å². The topological polar surface area (TPSA) is 3.24 Å². The second-order valence-electron chi connectivity index (χ2n) is 4.83. The summed E-state index contributed by atoms with van der Waals surface area (Å²) in [6.07, 6.45) is 13.6. The summed E-state index contributed by atoms with van der Waals surface area (Å²) >= 11 is 0. The lowest BCUT2D eigenvalue weighted by Crippen LogP contribution is -2.46. The molecule has 1 heteroatoms. The normalized spacial score (nSPS) is 31.6. The summed E-state index contributed by atoms with van der Waals surface area (Å²) < 4.78 is 0. The summed E-state index contributed by atoms with van der Waals surface area (Å²) in [5.41, 5.74) is 0. The van der Waals surface area contributed by atoms with E-state index in [0.29, 0.717) is 6.04 Å². The quantitative estimate of drug-likeness (QED) is 0.608. The fourth-order valence-corrected chi connectivity index (χ4v) is 3.10. The van der Waals surface area contributed by atoms with Crippen molar-refractivity contribution in [2.45, 2.75) is 63.5 Å². The maximum Gasteiger partial charge on any atom is 0.0278 e. The second-order valence-corrected chi connectivity index (χ2v) is 4.83. The fraction of sp³-hybridized carbons (Fsp3) is 0.846. The molecule has 0 aromatic heterocycles. The number of likely N-dealkylation sites (tertiary alicyclic amines) is 1. The molecule has 1 heterocycles. The molecule has 1 saturated heterocycles. The van der Waals surface area contributed by atoms with E-state index < -0.39 is 0 Å². The van der Waals surface area contributed by atoms with Crippen molar-refractivity contribution in [1.29, 1.82) is 0 Å². The Balaban J connectivity index is 1.94. The summed E-state index contributed by atoms with van der Waals surface area (Å²) in [5.74, 6) is 0. The lowest BCUT2D eigenvalue weighted by atomic mass is 9.90. The minimum Gasteiger partial charge on any atom is -0.294 e. The van der Waals surface area contributed by atoms with Crippen LogP contribution in [0.4, 0.5) is 0 Å². The Hall–Kier alpha value is -0.300. The van der Waals surface area contributed by atoms with E-state index in [9.17, 15) is 0 Å². The van der Waals surface area contributed by atoms with Gasteiger partial charge in [-0.15, -0.1) is 6.58 Å². The third-order valence-electron chi connectivity index (χ3n) is 3.91. The van der Waals surface area contributed by atoms with Crippen LogP contribution in [0.1, 0.15) is 51.4 Å². The minimum absolute atomic E-state index is 0.687. The monoisotopic (exact) mass is 193 g/mol. The second kappa shape index (κ2) is 4.97. The largest absolute Gasteiger partial charge is 0.294 e. The van der Waals surface area contributed by atoms with Gasteiger partial charge in [0, 0.05) is 12.1 Å². The van der Waals surface area contributed by atoms with E-state index in [1.807, 2.05) is 0 Å². The van der Waals surface area contributed by atoms with Crippen molar-refractivity contribution in [2.24, 2.45) is 0 Å². The van der Waals surface area contributed by atoms with Crippen molar-refractivity contribution in [1.82, 2.24) is 4.90 Å². The van der Waals surface area contributed by atoms with Crippen LogP contribution in [0.15, 0.2) is 12.7 Å². The summed E-state index contributed by atoms with van der Waals surface area (Å²) in [6, 6.07) is 1.57. The molecule has 2 rings (SSSR count). The summed E-state index contributed by atoms with van der Waals surface area (Å²) in [5, 5.41) is 0. The maximum atomic E-state index is 3.99. The van der Waals surface area contributed by atoms with E-state index in [1.165, 1.54) is 57.9 Å². The van der Waals surface area contributed by atoms with Crippen molar-refractivity contribution in [3.8, 4) is 0 Å². The van der Waals surface area contributed by atoms with Gasteiger partial charge in [0.2, 0.25) is 0 Å². The molecular formula is C13H23N. The molecule has 0 amide bonds. The first kappa shape index (κ1) is 10.2. The molecule has 0 radical (unpaired) electrons. The van der Waals surface area contributed by atoms with Crippen molar-refractivity contribution in [3.63, 3.8) is 0 Å². The molecule has 1 atom stereocenters. The van der Waals surface area contributed by atoms with Gasteiger partial charge in [-0.25, -0.2) is 0 Å². The molecule has 2 fully saturated rings. The molecule has 1 aliphatic heterocycles. The van der Waals surface area contributed by atoms with Crippen LogP contribution in [-0.2, 0) is 0 Å². The highest BCUT2D eigenvalue weighted by Crippen LogP contribution is 2.28. The molecule has 1 saturated carbocycles. The molecule has 1 unspecified atom stereocenters. The van der Waals surface area contributed by atoms with Gasteiger partial charge in [-0.2, -0.15) is 0 Å². The zero-order chi connectivity index (χ0) is 9.80. The summed E-state index contributed by atoms with van der Waals surface area (Å²) in [6.45, 7) is 5.31. The third-order valence-corrected chi connectivity index (χ3v) is 3.91. The fourth-order valence-electron chi connectivity index (χ4n) is 3.10. The van der Waals surface area contributed by atoms with Gasteiger partial charge >= 0.3 is 0 Å². The van der Waals surface area contributed by atoms with E-state index >= 15 is 0 Å². The standard InChI is InChI=1S/C13H23N/c1-2-12-8-6-7-11-14(12)13-9-4-3-5-10-13/h2,12-13H,1,3-11H2. The SMILES string of the molecule is C=CC1CCCCN1C1CCCCC1. The smallest absolute Gasteiger partial charge is 0.0278 e. The molecule has 80 valence electrons. The zero-order valence-corrected chi connectivity index (χ0v) is 9.25. The maximum absolute atomic E-state index is 3.99. The van der Waals surface area contributed by atoms with Gasteiger partial charge in [-0.05, 0) is 32.2 Å². The van der Waals surface area contributed by atoms with E-state index in [0.717, 1.165) is 6.04 Å². The van der Waals surface area contributed by atoms with Crippen molar-refractivity contribution < 1.29 is 0 Å². The van der Waals surface area contributed by atoms with Crippen LogP contribution in [-0.4, -0.2) is 23.5 Å². The Kier molecular flexibility index (Phi) is 3.63. The van der Waals surface area contributed by atoms with Gasteiger partial charge in [0.05, 0.1) is 0 Å². The van der Waals surface area contributed by atoms with Crippen LogP contribution in [0, 0.1) is 0 Å². The number of piperidine rings is 1. The molecule has 2 aliphatic rings. The Bertz CT molecular complexity index is 182. The molecule has 1 aliphatic carbocycles. The first-order valence-electron chi connectivity index (χ1n) is 6.30. The van der Waals surface area contributed by atoms with E-state index in [4.69, 9.17) is 0 Å². The number of hydrogen-bond acceptors (Lipinski definition) is 1. The molecule has 0 bridgehead atoms. The number of hydrogen-bond donors (Lipinski definition) is 0. The van der Waals surface area contributed by atoms with Gasteiger partial charge in [0.25, 0.3) is 0 Å². The Morgan fingerprint density at radius 3 is 2.36 bits per heavy atom. The zero-order valence-electron chi connectivity index (χ0n) is 9.25. The van der Waals surface area contributed by atoms with Gasteiger partial charge in [0.1, 0.15) is 0 Å². The van der Waals surface area contributed by atoms with E-state index in [1.54, 1.807) is 0 Å². The third kappa shape index (κ3) is 2.20. The van der Waals surface area contributed by atoms with Crippen LogP contribution in [0.25, 0.3) is 0 Å². The highest BCUT2D eigenvalue weighted by molar-refractivity contribution is 4.93. The number of nitrogens with zero attached hydrogens (tertiary/aromatic N) is 1. The van der Waals surface area contributed by atoms with Crippen LogP contribution >= 0.6 is 0 Å². The highest BCUT2D eigenvalue weighted by atomic mass is 15.2. The van der Waals surface area contributed by atoms with Gasteiger partial charge in [0.15, 0.2) is 0 Å². The molecule has 0 N–H and O–H groups in total. The molecule has 0 aromatic carbocycles. The predicted octanol–water partition coefficient (Wildman–Crippen LogP) is 3.36. The molecule has 14 heavy (non-hydrogen) atoms.